The normalized spacial score (nSPS) is 10.3. The number of hydrogen-bond acceptors (Lipinski definition) is 0. The van der Waals surface area contributed by atoms with Gasteiger partial charge in [0.15, 0.2) is 0 Å². The van der Waals surface area contributed by atoms with E-state index in [1.165, 1.54) is 22.3 Å². The van der Waals surface area contributed by atoms with Crippen LogP contribution in [0.4, 0.5) is 0 Å². The predicted octanol–water partition coefficient (Wildman–Crippen LogP) is 6.23. The fourth-order valence-electron chi connectivity index (χ4n) is 2.25. The monoisotopic (exact) mass is 256 g/mol. The summed E-state index contributed by atoms with van der Waals surface area (Å²) in [7, 11) is 0. The van der Waals surface area contributed by atoms with Crippen molar-refractivity contribution in [2.24, 2.45) is 0 Å². The van der Waals surface area contributed by atoms with E-state index in [9.17, 15) is 0 Å². The van der Waals surface area contributed by atoms with Crippen molar-refractivity contribution in [1.82, 2.24) is 0 Å². The van der Waals surface area contributed by atoms with Gasteiger partial charge in [-0.05, 0) is 34.6 Å². The molecular formula is C19H28. The highest BCUT2D eigenvalue weighted by molar-refractivity contribution is 5.71. The van der Waals surface area contributed by atoms with Gasteiger partial charge in [-0.15, -0.1) is 0 Å². The van der Waals surface area contributed by atoms with Crippen LogP contribution in [-0.4, -0.2) is 0 Å². The van der Waals surface area contributed by atoms with Crippen LogP contribution in [0.3, 0.4) is 0 Å². The molecule has 0 N–H and O–H groups in total. The molecule has 0 saturated heterocycles. The van der Waals surface area contributed by atoms with Gasteiger partial charge in [-0.1, -0.05) is 84.2 Å². The van der Waals surface area contributed by atoms with Gasteiger partial charge < -0.3 is 0 Å². The summed E-state index contributed by atoms with van der Waals surface area (Å²) in [6, 6.07) is 17.3. The lowest BCUT2D eigenvalue weighted by atomic mass is 9.81. The van der Waals surface area contributed by atoms with Crippen LogP contribution >= 0.6 is 0 Å². The molecule has 0 aliphatic heterocycles. The second-order valence-electron chi connectivity index (χ2n) is 5.61. The summed E-state index contributed by atoms with van der Waals surface area (Å²) in [5, 5.41) is 0. The first-order valence-electron chi connectivity index (χ1n) is 6.15. The van der Waals surface area contributed by atoms with Crippen LogP contribution < -0.4 is 0 Å². The van der Waals surface area contributed by atoms with Crippen LogP contribution in [0.5, 0.6) is 0 Å². The van der Waals surface area contributed by atoms with Gasteiger partial charge in [0.05, 0.1) is 0 Å². The van der Waals surface area contributed by atoms with Crippen LogP contribution in [-0.2, 0) is 5.41 Å². The number of hydrogen-bond donors (Lipinski definition) is 0. The second kappa shape index (κ2) is 6.56. The first kappa shape index (κ1) is 17.4. The summed E-state index contributed by atoms with van der Waals surface area (Å²) < 4.78 is 0. The molecule has 0 saturated carbocycles. The van der Waals surface area contributed by atoms with Crippen molar-refractivity contribution in [3.8, 4) is 11.1 Å². The second-order valence-corrected chi connectivity index (χ2v) is 5.61. The van der Waals surface area contributed by atoms with Crippen molar-refractivity contribution in [3.05, 3.63) is 59.7 Å². The Morgan fingerprint density at radius 1 is 0.684 bits per heavy atom. The van der Waals surface area contributed by atoms with Crippen molar-refractivity contribution in [3.63, 3.8) is 0 Å². The highest BCUT2D eigenvalue weighted by atomic mass is 14.2. The highest BCUT2D eigenvalue weighted by Gasteiger charge is 2.18. The van der Waals surface area contributed by atoms with Crippen LogP contribution in [0.2, 0.25) is 0 Å². The van der Waals surface area contributed by atoms with E-state index in [1.54, 1.807) is 0 Å². The molecule has 0 amide bonds. The lowest BCUT2D eigenvalue weighted by molar-refractivity contribution is 0.592. The third-order valence-corrected chi connectivity index (χ3v) is 3.17. The maximum Gasteiger partial charge on any atom is -0.0126 e. The van der Waals surface area contributed by atoms with E-state index in [1.807, 2.05) is 0 Å². The zero-order valence-electron chi connectivity index (χ0n) is 11.1. The summed E-state index contributed by atoms with van der Waals surface area (Å²) in [6.07, 6.45) is 0. The number of aryl methyl sites for hydroxylation is 1. The SMILES string of the molecule is C.C.Cc1ccccc1-c1ccccc1C(C)(C)C. The highest BCUT2D eigenvalue weighted by Crippen LogP contribution is 2.34. The molecule has 0 heteroatoms. The quantitative estimate of drug-likeness (QED) is 0.567. The van der Waals surface area contributed by atoms with Gasteiger partial charge in [-0.2, -0.15) is 0 Å². The summed E-state index contributed by atoms with van der Waals surface area (Å²) in [5.41, 5.74) is 5.63. The Balaban J connectivity index is 0.00000162. The van der Waals surface area contributed by atoms with Crippen molar-refractivity contribution < 1.29 is 0 Å². The van der Waals surface area contributed by atoms with Gasteiger partial charge >= 0.3 is 0 Å². The fraction of sp³-hybridized carbons (Fsp3) is 0.368. The van der Waals surface area contributed by atoms with E-state index in [4.69, 9.17) is 0 Å². The summed E-state index contributed by atoms with van der Waals surface area (Å²) in [6.45, 7) is 8.98. The Labute approximate surface area is 119 Å². The third kappa shape index (κ3) is 3.70. The van der Waals surface area contributed by atoms with E-state index in [0.717, 1.165) is 0 Å². The Morgan fingerprint density at radius 3 is 1.68 bits per heavy atom. The lowest BCUT2D eigenvalue weighted by Gasteiger charge is -2.23. The zero-order chi connectivity index (χ0) is 12.5. The fourth-order valence-corrected chi connectivity index (χ4v) is 2.25. The molecule has 0 bridgehead atoms. The largest absolute Gasteiger partial charge is 0.0776 e. The molecule has 2 aromatic rings. The Morgan fingerprint density at radius 2 is 1.16 bits per heavy atom. The molecule has 0 heterocycles. The maximum absolute atomic E-state index is 2.27. The van der Waals surface area contributed by atoms with Crippen molar-refractivity contribution in [2.45, 2.75) is 48.0 Å². The molecule has 0 radical (unpaired) electrons. The van der Waals surface area contributed by atoms with Gasteiger partial charge in [-0.25, -0.2) is 0 Å². The molecule has 0 atom stereocenters. The van der Waals surface area contributed by atoms with Gasteiger partial charge in [0, 0.05) is 0 Å². The molecule has 2 aromatic carbocycles. The maximum atomic E-state index is 2.27. The van der Waals surface area contributed by atoms with Crippen LogP contribution in [0.15, 0.2) is 48.5 Å². The van der Waals surface area contributed by atoms with Gasteiger partial charge in [0.25, 0.3) is 0 Å². The summed E-state index contributed by atoms with van der Waals surface area (Å²) in [5.74, 6) is 0. The summed E-state index contributed by atoms with van der Waals surface area (Å²) in [4.78, 5) is 0. The Kier molecular flexibility index (Phi) is 6.02. The van der Waals surface area contributed by atoms with Crippen molar-refractivity contribution >= 4 is 0 Å². The number of rotatable bonds is 1. The average molecular weight is 256 g/mol. The lowest BCUT2D eigenvalue weighted by Crippen LogP contribution is -2.12. The van der Waals surface area contributed by atoms with Gasteiger partial charge in [-0.3, -0.25) is 0 Å². The first-order chi connectivity index (χ1) is 8.00. The third-order valence-electron chi connectivity index (χ3n) is 3.17. The molecule has 0 unspecified atom stereocenters. The topological polar surface area (TPSA) is 0 Å². The summed E-state index contributed by atoms with van der Waals surface area (Å²) >= 11 is 0. The van der Waals surface area contributed by atoms with E-state index < -0.39 is 0 Å². The molecule has 104 valence electrons. The smallest absolute Gasteiger partial charge is 0.0126 e. The van der Waals surface area contributed by atoms with Crippen molar-refractivity contribution in [1.29, 1.82) is 0 Å². The number of benzene rings is 2. The van der Waals surface area contributed by atoms with Gasteiger partial charge in [0.1, 0.15) is 0 Å². The minimum Gasteiger partial charge on any atom is -0.0776 e. The van der Waals surface area contributed by atoms with Crippen LogP contribution in [0, 0.1) is 6.92 Å². The Bertz CT molecular complexity index is 516. The van der Waals surface area contributed by atoms with Crippen molar-refractivity contribution in [2.75, 3.05) is 0 Å². The minimum absolute atomic E-state index is 0. The molecule has 0 fully saturated rings. The van der Waals surface area contributed by atoms with E-state index in [-0.39, 0.29) is 20.3 Å². The molecule has 19 heavy (non-hydrogen) atoms. The van der Waals surface area contributed by atoms with E-state index in [2.05, 4.69) is 76.2 Å². The van der Waals surface area contributed by atoms with Crippen LogP contribution in [0.1, 0.15) is 46.8 Å². The molecule has 0 nitrogen and oxygen atoms in total. The Hall–Kier alpha value is -1.56. The van der Waals surface area contributed by atoms with E-state index >= 15 is 0 Å². The van der Waals surface area contributed by atoms with Gasteiger partial charge in [0.2, 0.25) is 0 Å². The van der Waals surface area contributed by atoms with E-state index in [0.29, 0.717) is 0 Å². The average Bonchev–Trinajstić information content (AvgIpc) is 2.28. The standard InChI is InChI=1S/C17H20.2CH4/c1-13-9-5-6-10-14(13)15-11-7-8-12-16(15)17(2,3)4;;/h5-12H,1-4H3;2*1H4. The zero-order valence-corrected chi connectivity index (χ0v) is 11.1. The molecule has 0 aliphatic rings. The minimum atomic E-state index is 0. The predicted molar refractivity (Wildman–Crippen MR) is 88.8 cm³/mol. The molecule has 0 aromatic heterocycles. The molecule has 0 aliphatic carbocycles. The van der Waals surface area contributed by atoms with Crippen LogP contribution in [0.25, 0.3) is 11.1 Å². The molecular weight excluding hydrogens is 228 g/mol. The molecule has 0 spiro atoms. The molecule has 2 rings (SSSR count). The first-order valence-corrected chi connectivity index (χ1v) is 6.15.